The lowest BCUT2D eigenvalue weighted by atomic mass is 9.64. The average molecular weight is 671 g/mol. The second kappa shape index (κ2) is 16.1. The number of nitrogens with one attached hydrogen (secondary N) is 1. The average Bonchev–Trinajstić information content (AvgIpc) is 3.26. The van der Waals surface area contributed by atoms with Crippen molar-refractivity contribution in [2.24, 2.45) is 5.41 Å². The zero-order valence-corrected chi connectivity index (χ0v) is 29.3. The summed E-state index contributed by atoms with van der Waals surface area (Å²) in [6, 6.07) is 9.87. The summed E-state index contributed by atoms with van der Waals surface area (Å²) in [6.07, 6.45) is 6.14. The van der Waals surface area contributed by atoms with Gasteiger partial charge in [-0.2, -0.15) is 0 Å². The molecular formula is C38H52ClFN2O5. The molecule has 3 N–H and O–H groups in total. The Morgan fingerprint density at radius 2 is 1.96 bits per heavy atom. The highest BCUT2D eigenvalue weighted by Crippen LogP contribution is 2.58. The van der Waals surface area contributed by atoms with Gasteiger partial charge in [0.2, 0.25) is 0 Å². The molecule has 0 heterocycles. The number of carbonyl (C=O) groups is 2. The van der Waals surface area contributed by atoms with Crippen molar-refractivity contribution in [1.82, 2.24) is 10.2 Å². The van der Waals surface area contributed by atoms with Gasteiger partial charge in [-0.3, -0.25) is 4.79 Å². The molecule has 47 heavy (non-hydrogen) atoms. The van der Waals surface area contributed by atoms with Crippen molar-refractivity contribution in [2.45, 2.75) is 109 Å². The molecule has 2 aromatic rings. The van der Waals surface area contributed by atoms with E-state index in [1.807, 2.05) is 32.0 Å². The smallest absolute Gasteiger partial charge is 0.317 e. The summed E-state index contributed by atoms with van der Waals surface area (Å²) < 4.78 is 20.1. The summed E-state index contributed by atoms with van der Waals surface area (Å²) in [7, 11) is 1.63. The molecule has 5 rings (SSSR count). The number of rotatable bonds is 10. The van der Waals surface area contributed by atoms with Gasteiger partial charge in [0.25, 0.3) is 0 Å². The number of nitrogens with zero attached hydrogens (tertiary/aromatic N) is 1. The van der Waals surface area contributed by atoms with Gasteiger partial charge in [-0.25, -0.2) is 9.18 Å². The van der Waals surface area contributed by atoms with E-state index in [9.17, 15) is 24.2 Å². The maximum absolute atomic E-state index is 14.9. The van der Waals surface area contributed by atoms with Crippen LogP contribution in [0.1, 0.15) is 106 Å². The molecule has 1 saturated carbocycles. The number of amides is 2. The number of fused-ring (bicyclic) bond motifs is 8. The Labute approximate surface area is 284 Å². The molecule has 4 atom stereocenters. The van der Waals surface area contributed by atoms with Gasteiger partial charge in [-0.1, -0.05) is 48.4 Å². The normalized spacial score (nSPS) is 24.9. The number of aliphatic hydroxyl groups excluding tert-OH is 1. The molecule has 1 fully saturated rings. The highest BCUT2D eigenvalue weighted by molar-refractivity contribution is 6.31. The Balaban J connectivity index is 1.80. The molecule has 0 aliphatic heterocycles. The summed E-state index contributed by atoms with van der Waals surface area (Å²) in [5.41, 5.74) is 1.47. The molecule has 0 unspecified atom stereocenters. The van der Waals surface area contributed by atoms with Gasteiger partial charge < -0.3 is 25.2 Å². The van der Waals surface area contributed by atoms with Crippen LogP contribution in [0.15, 0.2) is 48.0 Å². The third-order valence-corrected chi connectivity index (χ3v) is 10.7. The number of methoxy groups -OCH3 is 1. The molecule has 2 aromatic carbocycles. The highest BCUT2D eigenvalue weighted by Gasteiger charge is 2.57. The van der Waals surface area contributed by atoms with Crippen LogP contribution in [0.4, 0.5) is 9.18 Å². The number of urea groups is 1. The van der Waals surface area contributed by atoms with Crippen LogP contribution in [-0.4, -0.2) is 71.5 Å². The second-order valence-electron chi connectivity index (χ2n) is 14.1. The molecule has 3 aliphatic carbocycles. The van der Waals surface area contributed by atoms with Gasteiger partial charge in [0.15, 0.2) is 5.78 Å². The first-order valence-corrected chi connectivity index (χ1v) is 17.3. The van der Waals surface area contributed by atoms with Crippen LogP contribution in [0.25, 0.3) is 0 Å². The van der Waals surface area contributed by atoms with E-state index in [1.165, 1.54) is 17.7 Å². The Morgan fingerprint density at radius 1 is 1.19 bits per heavy atom. The third kappa shape index (κ3) is 8.83. The zero-order valence-electron chi connectivity index (χ0n) is 28.6. The number of Topliss-reactive ketones (excluding diaryl/α,β-unsaturated/α-hetero) is 1. The highest BCUT2D eigenvalue weighted by atomic mass is 35.5. The van der Waals surface area contributed by atoms with E-state index in [4.69, 9.17) is 16.3 Å². The van der Waals surface area contributed by atoms with E-state index in [0.29, 0.717) is 63.7 Å². The van der Waals surface area contributed by atoms with Gasteiger partial charge in [0, 0.05) is 54.3 Å². The van der Waals surface area contributed by atoms with Gasteiger partial charge in [-0.05, 0) is 107 Å². The number of benzene rings is 2. The largest absolute Gasteiger partial charge is 0.393 e. The molecule has 0 saturated heterocycles. The first-order valence-electron chi connectivity index (χ1n) is 17.0. The summed E-state index contributed by atoms with van der Waals surface area (Å²) in [4.78, 5) is 29.2. The molecular weight excluding hydrogens is 619 g/mol. The van der Waals surface area contributed by atoms with Crippen molar-refractivity contribution < 1.29 is 28.9 Å². The SMILES string of the molecule is COCCCN(C[C@]1(O)CC[C@H]2c3ccc(cc3C(=O)Cc3c(F)cccc3Cl)C[C@@H](O)CCC(C)=CCC[C@@]21C)C(=O)NC(C)C. The van der Waals surface area contributed by atoms with Crippen LogP contribution in [-0.2, 0) is 17.6 Å². The van der Waals surface area contributed by atoms with Gasteiger partial charge in [-0.15, -0.1) is 0 Å². The van der Waals surface area contributed by atoms with Crippen molar-refractivity contribution in [1.29, 1.82) is 0 Å². The quantitative estimate of drug-likeness (QED) is 0.139. The van der Waals surface area contributed by atoms with E-state index in [0.717, 1.165) is 17.5 Å². The van der Waals surface area contributed by atoms with E-state index in [-0.39, 0.29) is 47.3 Å². The maximum Gasteiger partial charge on any atom is 0.317 e. The van der Waals surface area contributed by atoms with Gasteiger partial charge in [0.05, 0.1) is 18.2 Å². The van der Waals surface area contributed by atoms with Crippen molar-refractivity contribution in [2.75, 3.05) is 26.8 Å². The second-order valence-corrected chi connectivity index (χ2v) is 14.5. The lowest BCUT2D eigenvalue weighted by molar-refractivity contribution is -0.0775. The molecule has 0 radical (unpaired) electrons. The summed E-state index contributed by atoms with van der Waals surface area (Å²) in [5.74, 6) is -1.01. The molecule has 258 valence electrons. The first kappa shape index (κ1) is 37.0. The monoisotopic (exact) mass is 670 g/mol. The Bertz CT molecular complexity index is 1430. The Morgan fingerprint density at radius 3 is 2.66 bits per heavy atom. The van der Waals surface area contributed by atoms with Crippen LogP contribution in [0.3, 0.4) is 0 Å². The molecule has 2 amide bonds. The Hall–Kier alpha value is -2.78. The molecule has 3 aliphatic rings. The topological polar surface area (TPSA) is 99.1 Å². The maximum atomic E-state index is 14.9. The predicted molar refractivity (Wildman–Crippen MR) is 185 cm³/mol. The minimum Gasteiger partial charge on any atom is -0.393 e. The van der Waals surface area contributed by atoms with Gasteiger partial charge in [0.1, 0.15) is 5.82 Å². The molecule has 0 spiro atoms. The first-order chi connectivity index (χ1) is 22.3. The number of carbonyl (C=O) groups excluding carboxylic acids is 2. The summed E-state index contributed by atoms with van der Waals surface area (Å²) in [6.45, 7) is 9.05. The third-order valence-electron chi connectivity index (χ3n) is 10.3. The van der Waals surface area contributed by atoms with Crippen LogP contribution in [0, 0.1) is 11.2 Å². The van der Waals surface area contributed by atoms with Crippen molar-refractivity contribution >= 4 is 23.4 Å². The molecule has 0 aromatic heterocycles. The minimum absolute atomic E-state index is 0.0648. The van der Waals surface area contributed by atoms with E-state index < -0.39 is 22.9 Å². The number of halogens is 2. The molecule has 9 heteroatoms. The summed E-state index contributed by atoms with van der Waals surface area (Å²) >= 11 is 6.35. The zero-order chi connectivity index (χ0) is 34.4. The van der Waals surface area contributed by atoms with Crippen molar-refractivity contribution in [3.8, 4) is 0 Å². The molecule has 7 nitrogen and oxygen atoms in total. The number of hydrogen-bond donors (Lipinski definition) is 3. The van der Waals surface area contributed by atoms with Crippen LogP contribution >= 0.6 is 11.6 Å². The van der Waals surface area contributed by atoms with E-state index >= 15 is 0 Å². The number of ketones is 1. The number of aliphatic hydroxyl groups is 2. The van der Waals surface area contributed by atoms with Crippen molar-refractivity contribution in [3.05, 3.63) is 81.1 Å². The van der Waals surface area contributed by atoms with Crippen LogP contribution < -0.4 is 5.32 Å². The van der Waals surface area contributed by atoms with Crippen LogP contribution in [0.2, 0.25) is 5.02 Å². The van der Waals surface area contributed by atoms with Gasteiger partial charge >= 0.3 is 6.03 Å². The lowest BCUT2D eigenvalue weighted by Gasteiger charge is -2.46. The fourth-order valence-corrected chi connectivity index (χ4v) is 7.73. The summed E-state index contributed by atoms with van der Waals surface area (Å²) in [5, 5.41) is 26.8. The molecule has 2 bridgehead atoms. The van der Waals surface area contributed by atoms with Crippen molar-refractivity contribution in [3.63, 3.8) is 0 Å². The number of ether oxygens (including phenoxy) is 1. The fraction of sp³-hybridized carbons (Fsp3) is 0.579. The van der Waals surface area contributed by atoms with Crippen LogP contribution in [0.5, 0.6) is 0 Å². The number of allylic oxidation sites excluding steroid dienone is 2. The van der Waals surface area contributed by atoms with E-state index in [2.05, 4.69) is 25.2 Å². The lowest BCUT2D eigenvalue weighted by Crippen LogP contribution is -2.56. The minimum atomic E-state index is -1.25. The number of hydrogen-bond acceptors (Lipinski definition) is 5. The predicted octanol–water partition coefficient (Wildman–Crippen LogP) is 7.40. The Kier molecular flexibility index (Phi) is 12.7. The van der Waals surface area contributed by atoms with E-state index in [1.54, 1.807) is 18.1 Å². The standard InChI is InChI=1S/C38H52ClFN2O5/c1-25(2)41-36(45)42(19-8-20-47-5)24-38(46)18-16-32-29-15-13-27(21-28(43)14-12-26(3)9-7-17-37(32,38)4)22-30(29)35(44)23-31-33(39)10-6-11-34(31)40/h6,9-11,13,15,22,25,28,32,43,46H,7-8,12,14,16-21,23-24H2,1-5H3,(H,41,45)/t28-,32-,37-,38+/m0/s1. The fourth-order valence-electron chi connectivity index (χ4n) is 7.50.